The number of rotatable bonds is 5. The molecule has 24 heavy (non-hydrogen) atoms. The SMILES string of the molecule is Cc1ccc(NC(=S)N(C)Cc2ccc(OC(F)F)cc2)cc1C. The van der Waals surface area contributed by atoms with Crippen molar-refractivity contribution in [3.05, 3.63) is 59.2 Å². The van der Waals surface area contributed by atoms with Gasteiger partial charge in [0.25, 0.3) is 0 Å². The van der Waals surface area contributed by atoms with E-state index in [4.69, 9.17) is 12.2 Å². The lowest BCUT2D eigenvalue weighted by molar-refractivity contribution is -0.0498. The van der Waals surface area contributed by atoms with Crippen LogP contribution in [0.2, 0.25) is 0 Å². The molecule has 0 aliphatic rings. The van der Waals surface area contributed by atoms with E-state index in [1.165, 1.54) is 23.3 Å². The van der Waals surface area contributed by atoms with Gasteiger partial charge in [0, 0.05) is 19.3 Å². The van der Waals surface area contributed by atoms with Crippen LogP contribution in [0.1, 0.15) is 16.7 Å². The van der Waals surface area contributed by atoms with E-state index in [9.17, 15) is 8.78 Å². The molecule has 128 valence electrons. The fourth-order valence-corrected chi connectivity index (χ4v) is 2.34. The highest BCUT2D eigenvalue weighted by molar-refractivity contribution is 7.80. The summed E-state index contributed by atoms with van der Waals surface area (Å²) in [5.74, 6) is 0.146. The summed E-state index contributed by atoms with van der Waals surface area (Å²) in [6, 6.07) is 12.6. The van der Waals surface area contributed by atoms with Crippen LogP contribution in [0, 0.1) is 13.8 Å². The number of benzene rings is 2. The Kier molecular flexibility index (Phi) is 6.09. The monoisotopic (exact) mass is 350 g/mol. The van der Waals surface area contributed by atoms with Gasteiger partial charge in [0.05, 0.1) is 0 Å². The molecular formula is C18H20F2N2OS. The third-order valence-corrected chi connectivity index (χ3v) is 4.09. The van der Waals surface area contributed by atoms with Crippen LogP contribution in [0.25, 0.3) is 0 Å². The molecule has 0 radical (unpaired) electrons. The van der Waals surface area contributed by atoms with Gasteiger partial charge in [-0.05, 0) is 67.0 Å². The van der Waals surface area contributed by atoms with E-state index >= 15 is 0 Å². The molecule has 6 heteroatoms. The van der Waals surface area contributed by atoms with Crippen molar-refractivity contribution in [1.82, 2.24) is 4.90 Å². The Morgan fingerprint density at radius 1 is 1.12 bits per heavy atom. The number of nitrogens with one attached hydrogen (secondary N) is 1. The van der Waals surface area contributed by atoms with E-state index in [-0.39, 0.29) is 5.75 Å². The number of halogens is 2. The Morgan fingerprint density at radius 3 is 2.38 bits per heavy atom. The number of anilines is 1. The quantitative estimate of drug-likeness (QED) is 0.788. The number of ether oxygens (including phenoxy) is 1. The molecule has 0 amide bonds. The Balaban J connectivity index is 1.94. The average molecular weight is 350 g/mol. The smallest absolute Gasteiger partial charge is 0.387 e. The summed E-state index contributed by atoms with van der Waals surface area (Å²) in [6.45, 7) is 1.86. The van der Waals surface area contributed by atoms with E-state index in [1.807, 2.05) is 30.1 Å². The van der Waals surface area contributed by atoms with Gasteiger partial charge in [-0.25, -0.2) is 0 Å². The summed E-state index contributed by atoms with van der Waals surface area (Å²) in [5, 5.41) is 3.79. The van der Waals surface area contributed by atoms with Crippen LogP contribution in [0.4, 0.5) is 14.5 Å². The normalized spacial score (nSPS) is 10.6. The summed E-state index contributed by atoms with van der Waals surface area (Å²) >= 11 is 5.41. The first kappa shape index (κ1) is 18.1. The minimum atomic E-state index is -2.81. The first-order valence-electron chi connectivity index (χ1n) is 7.48. The molecule has 0 aromatic heterocycles. The maximum absolute atomic E-state index is 12.1. The molecule has 0 atom stereocenters. The molecule has 1 N–H and O–H groups in total. The van der Waals surface area contributed by atoms with Crippen LogP contribution in [-0.4, -0.2) is 23.7 Å². The number of alkyl halides is 2. The second kappa shape index (κ2) is 8.06. The lowest BCUT2D eigenvalue weighted by Gasteiger charge is -2.21. The van der Waals surface area contributed by atoms with Crippen LogP contribution in [0.5, 0.6) is 5.75 Å². The fourth-order valence-electron chi connectivity index (χ4n) is 2.16. The van der Waals surface area contributed by atoms with Crippen LogP contribution in [0.15, 0.2) is 42.5 Å². The zero-order valence-electron chi connectivity index (χ0n) is 13.8. The van der Waals surface area contributed by atoms with Crippen molar-refractivity contribution in [3.63, 3.8) is 0 Å². The Hall–Kier alpha value is -2.21. The third kappa shape index (κ3) is 5.16. The first-order valence-corrected chi connectivity index (χ1v) is 7.89. The molecule has 0 saturated carbocycles. The average Bonchev–Trinajstić information content (AvgIpc) is 2.52. The number of thiocarbonyl (C=S) groups is 1. The van der Waals surface area contributed by atoms with Crippen molar-refractivity contribution in [1.29, 1.82) is 0 Å². The summed E-state index contributed by atoms with van der Waals surface area (Å²) in [6.07, 6.45) is 0. The summed E-state index contributed by atoms with van der Waals surface area (Å²) in [5.41, 5.74) is 4.31. The van der Waals surface area contributed by atoms with Gasteiger partial charge in [-0.15, -0.1) is 0 Å². The van der Waals surface area contributed by atoms with E-state index in [1.54, 1.807) is 12.1 Å². The number of hydrogen-bond donors (Lipinski definition) is 1. The molecule has 3 nitrogen and oxygen atoms in total. The molecule has 0 saturated heterocycles. The molecular weight excluding hydrogens is 330 g/mol. The predicted molar refractivity (Wildman–Crippen MR) is 96.7 cm³/mol. The van der Waals surface area contributed by atoms with Gasteiger partial charge in [-0.2, -0.15) is 8.78 Å². The Labute approximate surface area is 146 Å². The molecule has 0 heterocycles. The lowest BCUT2D eigenvalue weighted by atomic mass is 10.1. The van der Waals surface area contributed by atoms with Gasteiger partial charge >= 0.3 is 6.61 Å². The maximum atomic E-state index is 12.1. The number of nitrogens with zero attached hydrogens (tertiary/aromatic N) is 1. The van der Waals surface area contributed by atoms with Gasteiger partial charge in [0.1, 0.15) is 5.75 Å². The molecule has 0 bridgehead atoms. The Bertz CT molecular complexity index is 705. The van der Waals surface area contributed by atoms with E-state index in [0.29, 0.717) is 11.7 Å². The van der Waals surface area contributed by atoms with Gasteiger partial charge in [0.2, 0.25) is 0 Å². The molecule has 0 unspecified atom stereocenters. The molecule has 0 aliphatic carbocycles. The largest absolute Gasteiger partial charge is 0.435 e. The summed E-state index contributed by atoms with van der Waals surface area (Å²) < 4.78 is 28.6. The highest BCUT2D eigenvalue weighted by Crippen LogP contribution is 2.17. The first-order chi connectivity index (χ1) is 11.3. The molecule has 0 fully saturated rings. The lowest BCUT2D eigenvalue weighted by Crippen LogP contribution is -2.30. The van der Waals surface area contributed by atoms with E-state index in [0.717, 1.165) is 11.3 Å². The van der Waals surface area contributed by atoms with Crippen LogP contribution >= 0.6 is 12.2 Å². The van der Waals surface area contributed by atoms with E-state index < -0.39 is 6.61 Å². The zero-order valence-corrected chi connectivity index (χ0v) is 14.7. The van der Waals surface area contributed by atoms with Gasteiger partial charge in [-0.1, -0.05) is 18.2 Å². The van der Waals surface area contributed by atoms with Crippen molar-refractivity contribution >= 4 is 23.0 Å². The second-order valence-electron chi connectivity index (χ2n) is 5.61. The van der Waals surface area contributed by atoms with Crippen molar-refractivity contribution in [2.75, 3.05) is 12.4 Å². The standard InChI is InChI=1S/C18H20F2N2OS/c1-12-4-7-15(10-13(12)2)21-18(24)22(3)11-14-5-8-16(9-6-14)23-17(19)20/h4-10,17H,11H2,1-3H3,(H,21,24). The van der Waals surface area contributed by atoms with Crippen molar-refractivity contribution in [2.24, 2.45) is 0 Å². The van der Waals surface area contributed by atoms with Gasteiger partial charge < -0.3 is 15.0 Å². The molecule has 2 aromatic rings. The summed E-state index contributed by atoms with van der Waals surface area (Å²) in [7, 11) is 1.87. The molecule has 2 rings (SSSR count). The predicted octanol–water partition coefficient (Wildman–Crippen LogP) is 4.73. The van der Waals surface area contributed by atoms with Crippen molar-refractivity contribution < 1.29 is 13.5 Å². The van der Waals surface area contributed by atoms with Crippen LogP contribution in [-0.2, 0) is 6.54 Å². The third-order valence-electron chi connectivity index (χ3n) is 3.67. The number of aryl methyl sites for hydroxylation is 2. The second-order valence-corrected chi connectivity index (χ2v) is 5.99. The molecule has 2 aromatic carbocycles. The molecule has 0 spiro atoms. The molecule has 0 aliphatic heterocycles. The topological polar surface area (TPSA) is 24.5 Å². The van der Waals surface area contributed by atoms with E-state index in [2.05, 4.69) is 23.9 Å². The summed E-state index contributed by atoms with van der Waals surface area (Å²) in [4.78, 5) is 1.88. The maximum Gasteiger partial charge on any atom is 0.387 e. The fraction of sp³-hybridized carbons (Fsp3) is 0.278. The van der Waals surface area contributed by atoms with Crippen LogP contribution < -0.4 is 10.1 Å². The zero-order chi connectivity index (χ0) is 17.7. The highest BCUT2D eigenvalue weighted by atomic mass is 32.1. The van der Waals surface area contributed by atoms with Crippen molar-refractivity contribution in [2.45, 2.75) is 27.0 Å². The van der Waals surface area contributed by atoms with Gasteiger partial charge in [-0.3, -0.25) is 0 Å². The number of hydrogen-bond acceptors (Lipinski definition) is 2. The van der Waals surface area contributed by atoms with Gasteiger partial charge in [0.15, 0.2) is 5.11 Å². The highest BCUT2D eigenvalue weighted by Gasteiger charge is 2.08. The van der Waals surface area contributed by atoms with Crippen molar-refractivity contribution in [3.8, 4) is 5.75 Å². The minimum absolute atomic E-state index is 0.146. The minimum Gasteiger partial charge on any atom is -0.435 e. The van der Waals surface area contributed by atoms with Crippen LogP contribution in [0.3, 0.4) is 0 Å². The Morgan fingerprint density at radius 2 is 1.79 bits per heavy atom.